The van der Waals surface area contributed by atoms with Gasteiger partial charge in [-0.15, -0.1) is 13.2 Å². The SMILES string of the molecule is FCc1cc(Br)cc(OC(F)(F)F)c1. The van der Waals surface area contributed by atoms with Crippen LogP contribution in [0.4, 0.5) is 17.6 Å². The van der Waals surface area contributed by atoms with Gasteiger partial charge in [-0.3, -0.25) is 0 Å². The number of ether oxygens (including phenoxy) is 1. The van der Waals surface area contributed by atoms with Crippen LogP contribution in [-0.4, -0.2) is 6.36 Å². The first-order valence-electron chi connectivity index (χ1n) is 3.52. The lowest BCUT2D eigenvalue weighted by Crippen LogP contribution is -2.17. The van der Waals surface area contributed by atoms with Crippen molar-refractivity contribution in [2.45, 2.75) is 13.0 Å². The Bertz CT molecular complexity index is 324. The van der Waals surface area contributed by atoms with Crippen LogP contribution in [0.25, 0.3) is 0 Å². The van der Waals surface area contributed by atoms with Gasteiger partial charge in [-0.05, 0) is 23.8 Å². The maximum Gasteiger partial charge on any atom is 0.573 e. The lowest BCUT2D eigenvalue weighted by Gasteiger charge is -2.09. The molecule has 0 spiro atoms. The second-order valence-electron chi connectivity index (χ2n) is 2.48. The highest BCUT2D eigenvalue weighted by Gasteiger charge is 2.31. The van der Waals surface area contributed by atoms with E-state index in [1.807, 2.05) is 0 Å². The van der Waals surface area contributed by atoms with Crippen molar-refractivity contribution >= 4 is 15.9 Å². The van der Waals surface area contributed by atoms with Crippen LogP contribution in [0.2, 0.25) is 0 Å². The summed E-state index contributed by atoms with van der Waals surface area (Å²) in [6.07, 6.45) is -4.76. The number of halogens is 5. The Morgan fingerprint density at radius 1 is 1.21 bits per heavy atom. The fourth-order valence-electron chi connectivity index (χ4n) is 0.890. The van der Waals surface area contributed by atoms with Crippen LogP contribution in [0.1, 0.15) is 5.56 Å². The summed E-state index contributed by atoms with van der Waals surface area (Å²) in [5.74, 6) is -0.431. The van der Waals surface area contributed by atoms with Gasteiger partial charge in [0.05, 0.1) is 0 Å². The Morgan fingerprint density at radius 3 is 2.36 bits per heavy atom. The van der Waals surface area contributed by atoms with Crippen LogP contribution < -0.4 is 4.74 Å². The third-order valence-corrected chi connectivity index (χ3v) is 1.78. The summed E-state index contributed by atoms with van der Waals surface area (Å²) in [6, 6.07) is 3.49. The van der Waals surface area contributed by atoms with Gasteiger partial charge in [0.2, 0.25) is 0 Å². The van der Waals surface area contributed by atoms with Gasteiger partial charge in [-0.1, -0.05) is 15.9 Å². The van der Waals surface area contributed by atoms with E-state index in [9.17, 15) is 17.6 Å². The summed E-state index contributed by atoms with van der Waals surface area (Å²) in [7, 11) is 0. The lowest BCUT2D eigenvalue weighted by molar-refractivity contribution is -0.274. The number of hydrogen-bond donors (Lipinski definition) is 0. The Morgan fingerprint density at radius 2 is 1.86 bits per heavy atom. The Balaban J connectivity index is 2.92. The summed E-state index contributed by atoms with van der Waals surface area (Å²) in [6.45, 7) is -0.840. The molecule has 0 unspecified atom stereocenters. The normalized spacial score (nSPS) is 11.5. The predicted molar refractivity (Wildman–Crippen MR) is 45.6 cm³/mol. The van der Waals surface area contributed by atoms with Crippen molar-refractivity contribution in [3.8, 4) is 5.75 Å². The fraction of sp³-hybridized carbons (Fsp3) is 0.250. The maximum atomic E-state index is 12.2. The van der Waals surface area contributed by atoms with Gasteiger partial charge >= 0.3 is 6.36 Å². The average molecular weight is 273 g/mol. The highest BCUT2D eigenvalue weighted by molar-refractivity contribution is 9.10. The second-order valence-corrected chi connectivity index (χ2v) is 3.39. The zero-order chi connectivity index (χ0) is 10.8. The highest BCUT2D eigenvalue weighted by Crippen LogP contribution is 2.27. The molecule has 0 N–H and O–H groups in total. The third kappa shape index (κ3) is 3.53. The van der Waals surface area contributed by atoms with Crippen molar-refractivity contribution in [3.63, 3.8) is 0 Å². The molecular formula is C8H5BrF4O. The minimum Gasteiger partial charge on any atom is -0.406 e. The van der Waals surface area contributed by atoms with Crippen LogP contribution in [0.3, 0.4) is 0 Å². The number of benzene rings is 1. The molecule has 0 fully saturated rings. The lowest BCUT2D eigenvalue weighted by atomic mass is 10.2. The molecule has 0 saturated heterocycles. The van der Waals surface area contributed by atoms with E-state index in [1.54, 1.807) is 0 Å². The minimum absolute atomic E-state index is 0.124. The van der Waals surface area contributed by atoms with Crippen molar-refractivity contribution in [3.05, 3.63) is 28.2 Å². The van der Waals surface area contributed by atoms with E-state index in [-0.39, 0.29) is 5.56 Å². The van der Waals surface area contributed by atoms with Crippen LogP contribution in [0.5, 0.6) is 5.75 Å². The molecule has 0 amide bonds. The summed E-state index contributed by atoms with van der Waals surface area (Å²) >= 11 is 2.95. The second kappa shape index (κ2) is 4.16. The number of alkyl halides is 4. The van der Waals surface area contributed by atoms with Crippen molar-refractivity contribution < 1.29 is 22.3 Å². The van der Waals surface area contributed by atoms with Gasteiger partial charge in [0.25, 0.3) is 0 Å². The zero-order valence-corrected chi connectivity index (χ0v) is 8.32. The molecule has 0 radical (unpaired) electrons. The van der Waals surface area contributed by atoms with E-state index in [1.165, 1.54) is 6.07 Å². The van der Waals surface area contributed by atoms with Crippen molar-refractivity contribution in [1.29, 1.82) is 0 Å². The zero-order valence-electron chi connectivity index (χ0n) is 6.74. The van der Waals surface area contributed by atoms with E-state index < -0.39 is 18.8 Å². The highest BCUT2D eigenvalue weighted by atomic mass is 79.9. The Hall–Kier alpha value is -0.780. The molecule has 0 saturated carbocycles. The van der Waals surface area contributed by atoms with Crippen LogP contribution >= 0.6 is 15.9 Å². The maximum absolute atomic E-state index is 12.2. The fourth-order valence-corrected chi connectivity index (χ4v) is 1.41. The van der Waals surface area contributed by atoms with Gasteiger partial charge in [0, 0.05) is 4.47 Å². The minimum atomic E-state index is -4.76. The molecule has 0 aromatic heterocycles. The standard InChI is InChI=1S/C8H5BrF4O/c9-6-1-5(4-10)2-7(3-6)14-8(11,12)13/h1-3H,4H2. The summed E-state index contributed by atoms with van der Waals surface area (Å²) in [4.78, 5) is 0. The molecule has 0 aliphatic heterocycles. The molecule has 78 valence electrons. The smallest absolute Gasteiger partial charge is 0.406 e. The molecule has 1 aromatic rings. The van der Waals surface area contributed by atoms with Gasteiger partial charge in [-0.25, -0.2) is 4.39 Å². The Kier molecular flexibility index (Phi) is 3.36. The molecule has 0 aliphatic rings. The van der Waals surface area contributed by atoms with Crippen LogP contribution in [0, 0.1) is 0 Å². The van der Waals surface area contributed by atoms with E-state index in [0.717, 1.165) is 12.1 Å². The molecule has 14 heavy (non-hydrogen) atoms. The van der Waals surface area contributed by atoms with E-state index in [4.69, 9.17) is 0 Å². The largest absolute Gasteiger partial charge is 0.573 e. The van der Waals surface area contributed by atoms with Crippen LogP contribution in [-0.2, 0) is 6.67 Å². The summed E-state index contributed by atoms with van der Waals surface area (Å²) in [5, 5.41) is 0. The average Bonchev–Trinajstić information content (AvgIpc) is 1.99. The third-order valence-electron chi connectivity index (χ3n) is 1.32. The molecule has 1 nitrogen and oxygen atoms in total. The monoisotopic (exact) mass is 272 g/mol. The molecule has 1 aromatic carbocycles. The molecule has 1 rings (SSSR count). The van der Waals surface area contributed by atoms with Crippen molar-refractivity contribution in [2.75, 3.05) is 0 Å². The van der Waals surface area contributed by atoms with Gasteiger partial charge < -0.3 is 4.74 Å². The molecule has 0 atom stereocenters. The number of hydrogen-bond acceptors (Lipinski definition) is 1. The summed E-state index contributed by atoms with van der Waals surface area (Å²) in [5.41, 5.74) is 0.124. The van der Waals surface area contributed by atoms with Crippen molar-refractivity contribution in [2.24, 2.45) is 0 Å². The van der Waals surface area contributed by atoms with Gasteiger partial charge in [-0.2, -0.15) is 0 Å². The number of rotatable bonds is 2. The quantitative estimate of drug-likeness (QED) is 0.744. The van der Waals surface area contributed by atoms with Crippen LogP contribution in [0.15, 0.2) is 22.7 Å². The van der Waals surface area contributed by atoms with E-state index in [2.05, 4.69) is 20.7 Å². The van der Waals surface area contributed by atoms with E-state index >= 15 is 0 Å². The van der Waals surface area contributed by atoms with Gasteiger partial charge in [0.1, 0.15) is 12.4 Å². The molecule has 6 heteroatoms. The van der Waals surface area contributed by atoms with E-state index in [0.29, 0.717) is 4.47 Å². The molecular weight excluding hydrogens is 268 g/mol. The molecule has 0 bridgehead atoms. The molecule has 0 aliphatic carbocycles. The topological polar surface area (TPSA) is 9.23 Å². The van der Waals surface area contributed by atoms with Gasteiger partial charge in [0.15, 0.2) is 0 Å². The Labute approximate surface area is 85.8 Å². The predicted octanol–water partition coefficient (Wildman–Crippen LogP) is 3.82. The first-order chi connectivity index (χ1) is 6.40. The first kappa shape index (κ1) is 11.3. The summed E-state index contributed by atoms with van der Waals surface area (Å²) < 4.78 is 51.5. The first-order valence-corrected chi connectivity index (χ1v) is 4.31. The molecule has 0 heterocycles. The van der Waals surface area contributed by atoms with Crippen molar-refractivity contribution in [1.82, 2.24) is 0 Å².